The van der Waals surface area contributed by atoms with Crippen LogP contribution in [-0.4, -0.2) is 12.0 Å². The number of aryl methyl sites for hydroxylation is 1. The average molecular weight is 227 g/mol. The molecule has 0 aliphatic heterocycles. The number of benzene rings is 1. The Hall–Kier alpha value is -2.03. The fourth-order valence-electron chi connectivity index (χ4n) is 1.70. The van der Waals surface area contributed by atoms with Crippen molar-refractivity contribution in [2.24, 2.45) is 0 Å². The van der Waals surface area contributed by atoms with Crippen molar-refractivity contribution in [1.29, 1.82) is 0 Å². The third kappa shape index (κ3) is 2.56. The van der Waals surface area contributed by atoms with E-state index >= 15 is 0 Å². The Morgan fingerprint density at radius 3 is 2.24 bits per heavy atom. The Morgan fingerprint density at radius 1 is 1.06 bits per heavy atom. The van der Waals surface area contributed by atoms with Crippen LogP contribution in [0.1, 0.15) is 12.5 Å². The Morgan fingerprint density at radius 2 is 1.71 bits per heavy atom. The molecule has 0 fully saturated rings. The molecule has 0 amide bonds. The molecule has 0 bridgehead atoms. The van der Waals surface area contributed by atoms with E-state index in [2.05, 4.69) is 41.1 Å². The topological polar surface area (TPSA) is 42.1 Å². The van der Waals surface area contributed by atoms with E-state index < -0.39 is 0 Å². The molecule has 88 valence electrons. The summed E-state index contributed by atoms with van der Waals surface area (Å²) in [4.78, 5) is 6.18. The Kier molecular flexibility index (Phi) is 3.28. The van der Waals surface area contributed by atoms with E-state index in [1.807, 2.05) is 19.2 Å². The van der Waals surface area contributed by atoms with E-state index in [9.17, 15) is 0 Å². The second-order valence-corrected chi connectivity index (χ2v) is 4.02. The number of nitrogens with zero attached hydrogens (tertiary/aromatic N) is 2. The van der Waals surface area contributed by atoms with Gasteiger partial charge in [0.25, 0.3) is 0 Å². The molecule has 0 aliphatic carbocycles. The van der Waals surface area contributed by atoms with Gasteiger partial charge in [0.15, 0.2) is 0 Å². The van der Waals surface area contributed by atoms with E-state index in [0.717, 1.165) is 17.8 Å². The quantitative estimate of drug-likeness (QED) is 0.876. The average Bonchev–Trinajstić information content (AvgIpc) is 2.39. The van der Waals surface area contributed by atoms with Crippen molar-refractivity contribution in [1.82, 2.24) is 4.98 Å². The normalized spacial score (nSPS) is 10.2. The summed E-state index contributed by atoms with van der Waals surface area (Å²) in [5.41, 5.74) is 9.10. The highest BCUT2D eigenvalue weighted by atomic mass is 15.1. The molecule has 1 heterocycles. The molecule has 0 atom stereocenters. The van der Waals surface area contributed by atoms with Crippen LogP contribution in [0.15, 0.2) is 42.6 Å². The van der Waals surface area contributed by atoms with Gasteiger partial charge >= 0.3 is 0 Å². The molecule has 1 aromatic heterocycles. The lowest BCUT2D eigenvalue weighted by molar-refractivity contribution is 1.13. The zero-order valence-electron chi connectivity index (χ0n) is 10.2. The number of nitrogen functional groups attached to an aromatic ring is 1. The molecular weight excluding hydrogens is 210 g/mol. The molecule has 1 aromatic carbocycles. The number of rotatable bonds is 3. The summed E-state index contributed by atoms with van der Waals surface area (Å²) in [5.74, 6) is 0.545. The monoisotopic (exact) mass is 227 g/mol. The SMILES string of the molecule is CCc1ccc(N(C)c2ccc(N)nc2)cc1. The highest BCUT2D eigenvalue weighted by Crippen LogP contribution is 2.23. The van der Waals surface area contributed by atoms with E-state index in [1.165, 1.54) is 5.56 Å². The summed E-state index contributed by atoms with van der Waals surface area (Å²) in [6, 6.07) is 12.3. The van der Waals surface area contributed by atoms with Gasteiger partial charge in [0, 0.05) is 12.7 Å². The van der Waals surface area contributed by atoms with Gasteiger partial charge in [-0.1, -0.05) is 19.1 Å². The molecule has 2 N–H and O–H groups in total. The molecular formula is C14H17N3. The fraction of sp³-hybridized carbons (Fsp3) is 0.214. The molecule has 3 nitrogen and oxygen atoms in total. The Balaban J connectivity index is 2.23. The van der Waals surface area contributed by atoms with Crippen LogP contribution in [0, 0.1) is 0 Å². The smallest absolute Gasteiger partial charge is 0.123 e. The van der Waals surface area contributed by atoms with Crippen molar-refractivity contribution in [3.05, 3.63) is 48.2 Å². The standard InChI is InChI=1S/C14H17N3/c1-3-11-4-6-12(7-5-11)17(2)13-8-9-14(15)16-10-13/h4-10H,3H2,1-2H3,(H2,15,16). The lowest BCUT2D eigenvalue weighted by Crippen LogP contribution is -2.09. The predicted molar refractivity (Wildman–Crippen MR) is 72.5 cm³/mol. The van der Waals surface area contributed by atoms with Crippen LogP contribution < -0.4 is 10.6 Å². The predicted octanol–water partition coefficient (Wildman–Crippen LogP) is 2.99. The molecule has 0 unspecified atom stereocenters. The minimum atomic E-state index is 0.545. The third-order valence-corrected chi connectivity index (χ3v) is 2.89. The summed E-state index contributed by atoms with van der Waals surface area (Å²) >= 11 is 0. The Bertz CT molecular complexity index is 474. The number of pyridine rings is 1. The van der Waals surface area contributed by atoms with Crippen molar-refractivity contribution < 1.29 is 0 Å². The maximum absolute atomic E-state index is 5.57. The first kappa shape index (κ1) is 11.5. The van der Waals surface area contributed by atoms with Crippen LogP contribution in [-0.2, 0) is 6.42 Å². The van der Waals surface area contributed by atoms with Gasteiger partial charge in [-0.15, -0.1) is 0 Å². The summed E-state index contributed by atoms with van der Waals surface area (Å²) in [5, 5.41) is 0. The lowest BCUT2D eigenvalue weighted by Gasteiger charge is -2.19. The second kappa shape index (κ2) is 4.87. The van der Waals surface area contributed by atoms with Crippen LogP contribution >= 0.6 is 0 Å². The van der Waals surface area contributed by atoms with Gasteiger partial charge in [-0.3, -0.25) is 0 Å². The maximum atomic E-state index is 5.57. The van der Waals surface area contributed by atoms with E-state index in [4.69, 9.17) is 5.73 Å². The summed E-state index contributed by atoms with van der Waals surface area (Å²) in [6.45, 7) is 2.16. The van der Waals surface area contributed by atoms with E-state index in [0.29, 0.717) is 5.82 Å². The molecule has 2 aromatic rings. The van der Waals surface area contributed by atoms with Crippen LogP contribution in [0.2, 0.25) is 0 Å². The summed E-state index contributed by atoms with van der Waals surface area (Å²) in [7, 11) is 2.02. The number of aromatic nitrogens is 1. The molecule has 0 saturated heterocycles. The van der Waals surface area contributed by atoms with Gasteiger partial charge in [0.2, 0.25) is 0 Å². The third-order valence-electron chi connectivity index (χ3n) is 2.89. The second-order valence-electron chi connectivity index (χ2n) is 4.02. The first-order valence-electron chi connectivity index (χ1n) is 5.75. The van der Waals surface area contributed by atoms with Crippen LogP contribution in [0.25, 0.3) is 0 Å². The van der Waals surface area contributed by atoms with Crippen LogP contribution in [0.5, 0.6) is 0 Å². The Labute approximate surface area is 102 Å². The first-order valence-corrected chi connectivity index (χ1v) is 5.75. The number of anilines is 3. The van der Waals surface area contributed by atoms with Crippen molar-refractivity contribution in [3.8, 4) is 0 Å². The maximum Gasteiger partial charge on any atom is 0.123 e. The van der Waals surface area contributed by atoms with Gasteiger partial charge < -0.3 is 10.6 Å². The highest BCUT2D eigenvalue weighted by molar-refractivity contribution is 5.62. The number of hydrogen-bond acceptors (Lipinski definition) is 3. The van der Waals surface area contributed by atoms with E-state index in [1.54, 1.807) is 6.20 Å². The fourth-order valence-corrected chi connectivity index (χ4v) is 1.70. The molecule has 3 heteroatoms. The molecule has 0 radical (unpaired) electrons. The van der Waals surface area contributed by atoms with Crippen LogP contribution in [0.4, 0.5) is 17.2 Å². The van der Waals surface area contributed by atoms with Gasteiger partial charge in [0.05, 0.1) is 11.9 Å². The van der Waals surface area contributed by atoms with Crippen molar-refractivity contribution >= 4 is 17.2 Å². The van der Waals surface area contributed by atoms with Gasteiger partial charge in [-0.05, 0) is 36.2 Å². The van der Waals surface area contributed by atoms with Gasteiger partial charge in [-0.2, -0.15) is 0 Å². The van der Waals surface area contributed by atoms with E-state index in [-0.39, 0.29) is 0 Å². The zero-order valence-corrected chi connectivity index (χ0v) is 10.2. The van der Waals surface area contributed by atoms with Crippen molar-refractivity contribution in [2.75, 3.05) is 17.7 Å². The number of hydrogen-bond donors (Lipinski definition) is 1. The number of nitrogens with two attached hydrogens (primary N) is 1. The highest BCUT2D eigenvalue weighted by Gasteiger charge is 2.03. The molecule has 0 aliphatic rings. The molecule has 0 saturated carbocycles. The minimum Gasteiger partial charge on any atom is -0.384 e. The van der Waals surface area contributed by atoms with Gasteiger partial charge in [-0.25, -0.2) is 4.98 Å². The molecule has 2 rings (SSSR count). The lowest BCUT2D eigenvalue weighted by atomic mass is 10.1. The molecule has 0 spiro atoms. The summed E-state index contributed by atoms with van der Waals surface area (Å²) in [6.07, 6.45) is 2.84. The zero-order chi connectivity index (χ0) is 12.3. The minimum absolute atomic E-state index is 0.545. The van der Waals surface area contributed by atoms with Gasteiger partial charge in [0.1, 0.15) is 5.82 Å². The van der Waals surface area contributed by atoms with Crippen molar-refractivity contribution in [3.63, 3.8) is 0 Å². The molecule has 17 heavy (non-hydrogen) atoms. The summed E-state index contributed by atoms with van der Waals surface area (Å²) < 4.78 is 0. The largest absolute Gasteiger partial charge is 0.384 e. The van der Waals surface area contributed by atoms with Crippen molar-refractivity contribution in [2.45, 2.75) is 13.3 Å². The van der Waals surface area contributed by atoms with Crippen LogP contribution in [0.3, 0.4) is 0 Å². The first-order chi connectivity index (χ1) is 8.20.